The number of thiazole rings is 1. The Hall–Kier alpha value is -2.57. The Kier molecular flexibility index (Phi) is 5.68. The minimum atomic E-state index is -0.549. The molecule has 2 aromatic heterocycles. The SMILES string of the molecule is CC(C)(C)CC(N)C(=O)Nc1nc(-c2cccc(-c3ccncc3)c2)cs1. The predicted molar refractivity (Wildman–Crippen MR) is 111 cm³/mol. The highest BCUT2D eigenvalue weighted by atomic mass is 32.1. The summed E-state index contributed by atoms with van der Waals surface area (Å²) in [5.74, 6) is -0.198. The molecule has 140 valence electrons. The maximum atomic E-state index is 12.3. The van der Waals surface area contributed by atoms with E-state index in [0.717, 1.165) is 22.4 Å². The number of hydrogen-bond acceptors (Lipinski definition) is 5. The first-order valence-corrected chi connectivity index (χ1v) is 9.73. The molecule has 1 atom stereocenters. The second-order valence-corrected chi connectivity index (χ2v) is 8.57. The molecule has 0 aliphatic carbocycles. The van der Waals surface area contributed by atoms with Gasteiger partial charge in [0.05, 0.1) is 11.7 Å². The molecule has 1 amide bonds. The zero-order chi connectivity index (χ0) is 19.4. The second kappa shape index (κ2) is 7.98. The number of aromatic nitrogens is 2. The van der Waals surface area contributed by atoms with E-state index in [9.17, 15) is 4.79 Å². The van der Waals surface area contributed by atoms with Crippen LogP contribution in [0, 0.1) is 5.41 Å². The van der Waals surface area contributed by atoms with Gasteiger partial charge in [0.1, 0.15) is 0 Å². The van der Waals surface area contributed by atoms with Gasteiger partial charge in [-0.05, 0) is 41.2 Å². The van der Waals surface area contributed by atoms with Crippen LogP contribution in [-0.2, 0) is 4.79 Å². The summed E-state index contributed by atoms with van der Waals surface area (Å²) < 4.78 is 0. The molecule has 0 aliphatic rings. The van der Waals surface area contributed by atoms with Gasteiger partial charge in [-0.15, -0.1) is 11.3 Å². The first kappa shape index (κ1) is 19.2. The molecule has 0 bridgehead atoms. The largest absolute Gasteiger partial charge is 0.320 e. The zero-order valence-corrected chi connectivity index (χ0v) is 16.6. The molecule has 6 heteroatoms. The van der Waals surface area contributed by atoms with Crippen LogP contribution in [0.1, 0.15) is 27.2 Å². The van der Waals surface area contributed by atoms with Crippen LogP contribution in [0.3, 0.4) is 0 Å². The average Bonchev–Trinajstić information content (AvgIpc) is 3.10. The molecule has 1 aromatic carbocycles. The fraction of sp³-hybridized carbons (Fsp3) is 0.286. The van der Waals surface area contributed by atoms with Gasteiger partial charge in [0.15, 0.2) is 5.13 Å². The number of rotatable bonds is 5. The fourth-order valence-corrected chi connectivity index (χ4v) is 3.54. The molecular weight excluding hydrogens is 356 g/mol. The molecule has 3 rings (SSSR count). The third kappa shape index (κ3) is 5.21. The second-order valence-electron chi connectivity index (χ2n) is 7.72. The van der Waals surface area contributed by atoms with Crippen molar-refractivity contribution >= 4 is 22.4 Å². The van der Waals surface area contributed by atoms with Gasteiger partial charge in [-0.1, -0.05) is 39.0 Å². The van der Waals surface area contributed by atoms with Gasteiger partial charge in [-0.2, -0.15) is 0 Å². The zero-order valence-electron chi connectivity index (χ0n) is 15.8. The molecule has 3 aromatic rings. The van der Waals surface area contributed by atoms with Crippen LogP contribution in [0.5, 0.6) is 0 Å². The number of hydrogen-bond donors (Lipinski definition) is 2. The van der Waals surface area contributed by atoms with E-state index in [-0.39, 0.29) is 11.3 Å². The average molecular weight is 381 g/mol. The Morgan fingerprint density at radius 2 is 1.85 bits per heavy atom. The van der Waals surface area contributed by atoms with Crippen LogP contribution >= 0.6 is 11.3 Å². The maximum absolute atomic E-state index is 12.3. The van der Waals surface area contributed by atoms with E-state index in [1.165, 1.54) is 11.3 Å². The summed E-state index contributed by atoms with van der Waals surface area (Å²) in [7, 11) is 0. The number of pyridine rings is 1. The highest BCUT2D eigenvalue weighted by molar-refractivity contribution is 7.14. The predicted octanol–water partition coefficient (Wildman–Crippen LogP) is 4.57. The number of carbonyl (C=O) groups is 1. The topological polar surface area (TPSA) is 80.9 Å². The highest BCUT2D eigenvalue weighted by Gasteiger charge is 2.22. The van der Waals surface area contributed by atoms with Crippen molar-refractivity contribution in [1.82, 2.24) is 9.97 Å². The number of anilines is 1. The summed E-state index contributed by atoms with van der Waals surface area (Å²) in [4.78, 5) is 20.9. The van der Waals surface area contributed by atoms with E-state index < -0.39 is 6.04 Å². The monoisotopic (exact) mass is 380 g/mol. The van der Waals surface area contributed by atoms with Crippen LogP contribution in [0.15, 0.2) is 54.2 Å². The number of benzene rings is 1. The molecule has 0 fully saturated rings. The molecule has 0 spiro atoms. The Balaban J connectivity index is 1.74. The minimum Gasteiger partial charge on any atom is -0.320 e. The van der Waals surface area contributed by atoms with Gasteiger partial charge in [0.2, 0.25) is 5.91 Å². The Morgan fingerprint density at radius 1 is 1.15 bits per heavy atom. The lowest BCUT2D eigenvalue weighted by Crippen LogP contribution is -2.38. The van der Waals surface area contributed by atoms with Gasteiger partial charge < -0.3 is 11.1 Å². The summed E-state index contributed by atoms with van der Waals surface area (Å²) in [6, 6.07) is 11.6. The maximum Gasteiger partial charge on any atom is 0.243 e. The summed E-state index contributed by atoms with van der Waals surface area (Å²) >= 11 is 1.40. The van der Waals surface area contributed by atoms with Crippen LogP contribution < -0.4 is 11.1 Å². The van der Waals surface area contributed by atoms with Gasteiger partial charge in [-0.3, -0.25) is 9.78 Å². The van der Waals surface area contributed by atoms with Crippen molar-refractivity contribution in [3.63, 3.8) is 0 Å². The molecule has 27 heavy (non-hydrogen) atoms. The van der Waals surface area contributed by atoms with E-state index in [0.29, 0.717) is 11.6 Å². The number of nitrogens with one attached hydrogen (secondary N) is 1. The van der Waals surface area contributed by atoms with E-state index in [1.807, 2.05) is 29.6 Å². The number of amides is 1. The summed E-state index contributed by atoms with van der Waals surface area (Å²) in [5, 5.41) is 5.34. The Bertz CT molecular complexity index is 915. The molecule has 0 saturated carbocycles. The van der Waals surface area contributed by atoms with Crippen LogP contribution in [0.2, 0.25) is 0 Å². The Labute approximate surface area is 163 Å². The van der Waals surface area contributed by atoms with Crippen molar-refractivity contribution in [3.8, 4) is 22.4 Å². The van der Waals surface area contributed by atoms with Gasteiger partial charge in [0, 0.05) is 23.3 Å². The van der Waals surface area contributed by atoms with E-state index in [4.69, 9.17) is 5.73 Å². The lowest BCUT2D eigenvalue weighted by atomic mass is 9.88. The molecular formula is C21H24N4OS. The van der Waals surface area contributed by atoms with Crippen LogP contribution in [0.25, 0.3) is 22.4 Å². The minimum absolute atomic E-state index is 0.00179. The third-order valence-electron chi connectivity index (χ3n) is 4.08. The van der Waals surface area contributed by atoms with Crippen molar-refractivity contribution in [2.75, 3.05) is 5.32 Å². The molecule has 0 radical (unpaired) electrons. The van der Waals surface area contributed by atoms with E-state index >= 15 is 0 Å². The molecule has 0 saturated heterocycles. The normalized spacial score (nSPS) is 12.6. The van der Waals surface area contributed by atoms with Crippen molar-refractivity contribution < 1.29 is 4.79 Å². The lowest BCUT2D eigenvalue weighted by molar-refractivity contribution is -0.118. The molecule has 0 aliphatic heterocycles. The van der Waals surface area contributed by atoms with Gasteiger partial charge in [-0.25, -0.2) is 4.98 Å². The van der Waals surface area contributed by atoms with Gasteiger partial charge >= 0.3 is 0 Å². The lowest BCUT2D eigenvalue weighted by Gasteiger charge is -2.22. The summed E-state index contributed by atoms with van der Waals surface area (Å²) in [6.45, 7) is 6.20. The number of carbonyl (C=O) groups excluding carboxylic acids is 1. The number of nitrogens with two attached hydrogens (primary N) is 1. The van der Waals surface area contributed by atoms with Crippen molar-refractivity contribution in [2.45, 2.75) is 33.2 Å². The molecule has 2 heterocycles. The molecule has 3 N–H and O–H groups in total. The molecule has 1 unspecified atom stereocenters. The summed E-state index contributed by atoms with van der Waals surface area (Å²) in [6.07, 6.45) is 4.17. The quantitative estimate of drug-likeness (QED) is 0.679. The standard InChI is InChI=1S/C21H24N4OS/c1-21(2,3)12-17(22)19(26)25-20-24-18(13-27-20)16-6-4-5-15(11-16)14-7-9-23-10-8-14/h4-11,13,17H,12,22H2,1-3H3,(H,24,25,26). The van der Waals surface area contributed by atoms with Gasteiger partial charge in [0.25, 0.3) is 0 Å². The smallest absolute Gasteiger partial charge is 0.243 e. The summed E-state index contributed by atoms with van der Waals surface area (Å²) in [5.41, 5.74) is 10.0. The Morgan fingerprint density at radius 3 is 2.56 bits per heavy atom. The number of nitrogens with zero attached hydrogens (tertiary/aromatic N) is 2. The van der Waals surface area contributed by atoms with Crippen LogP contribution in [0.4, 0.5) is 5.13 Å². The first-order valence-electron chi connectivity index (χ1n) is 8.85. The highest BCUT2D eigenvalue weighted by Crippen LogP contribution is 2.29. The van der Waals surface area contributed by atoms with Crippen molar-refractivity contribution in [2.24, 2.45) is 11.1 Å². The first-order chi connectivity index (χ1) is 12.8. The van der Waals surface area contributed by atoms with Crippen LogP contribution in [-0.4, -0.2) is 21.9 Å². The fourth-order valence-electron chi connectivity index (χ4n) is 2.82. The third-order valence-corrected chi connectivity index (χ3v) is 4.83. The van der Waals surface area contributed by atoms with E-state index in [1.54, 1.807) is 12.4 Å². The van der Waals surface area contributed by atoms with Crippen molar-refractivity contribution in [1.29, 1.82) is 0 Å². The van der Waals surface area contributed by atoms with E-state index in [2.05, 4.69) is 48.2 Å². The molecule has 5 nitrogen and oxygen atoms in total. The van der Waals surface area contributed by atoms with Crippen molar-refractivity contribution in [3.05, 3.63) is 54.2 Å².